The molecule has 1 amide bonds. The Bertz CT molecular complexity index is 565. The molecule has 0 aliphatic carbocycles. The zero-order valence-corrected chi connectivity index (χ0v) is 13.9. The van der Waals surface area contributed by atoms with Gasteiger partial charge in [-0.25, -0.2) is 0 Å². The second-order valence-electron chi connectivity index (χ2n) is 5.50. The van der Waals surface area contributed by atoms with Crippen LogP contribution in [0.2, 0.25) is 0 Å². The molecular formula is C14H22NO5P. The van der Waals surface area contributed by atoms with Gasteiger partial charge in [-0.2, -0.15) is 0 Å². The summed E-state index contributed by atoms with van der Waals surface area (Å²) in [4.78, 5) is 22.2. The van der Waals surface area contributed by atoms with E-state index in [1.54, 1.807) is 39.8 Å². The maximum Gasteiger partial charge on any atom is 0.361 e. The van der Waals surface area contributed by atoms with E-state index in [0.29, 0.717) is 5.75 Å². The fourth-order valence-corrected chi connectivity index (χ4v) is 2.81. The van der Waals surface area contributed by atoms with Crippen molar-refractivity contribution in [3.63, 3.8) is 0 Å². The Morgan fingerprint density at radius 2 is 2.00 bits per heavy atom. The van der Waals surface area contributed by atoms with E-state index in [0.717, 1.165) is 0 Å². The van der Waals surface area contributed by atoms with Gasteiger partial charge in [0, 0.05) is 5.41 Å². The smallest absolute Gasteiger partial charge is 0.361 e. The number of carbonyl (C=O) groups is 1. The van der Waals surface area contributed by atoms with Gasteiger partial charge >= 0.3 is 7.60 Å². The minimum Gasteiger partial charge on any atom is -0.495 e. The van der Waals surface area contributed by atoms with E-state index in [-0.39, 0.29) is 23.5 Å². The number of amides is 1. The van der Waals surface area contributed by atoms with Crippen molar-refractivity contribution in [1.82, 2.24) is 0 Å². The molecule has 0 bridgehead atoms. The summed E-state index contributed by atoms with van der Waals surface area (Å²) in [5.74, 6) is 0.0174. The number of methoxy groups -OCH3 is 1. The Balaban J connectivity index is 3.34. The first kappa shape index (κ1) is 17.7. The zero-order chi connectivity index (χ0) is 16.3. The SMILES string of the molecule is CCOP(=O)(O)c1cccc(OC)c1NC(=O)C(C)(C)C. The van der Waals surface area contributed by atoms with Gasteiger partial charge in [-0.1, -0.05) is 26.8 Å². The first-order valence-corrected chi connectivity index (χ1v) is 8.17. The van der Waals surface area contributed by atoms with Crippen molar-refractivity contribution in [3.05, 3.63) is 18.2 Å². The molecule has 7 heteroatoms. The van der Waals surface area contributed by atoms with Crippen LogP contribution >= 0.6 is 7.60 Å². The molecule has 1 aromatic carbocycles. The van der Waals surface area contributed by atoms with Gasteiger partial charge in [-0.05, 0) is 19.1 Å². The van der Waals surface area contributed by atoms with Gasteiger partial charge < -0.3 is 19.5 Å². The molecule has 21 heavy (non-hydrogen) atoms. The fraction of sp³-hybridized carbons (Fsp3) is 0.500. The van der Waals surface area contributed by atoms with Crippen LogP contribution in [0, 0.1) is 5.41 Å². The van der Waals surface area contributed by atoms with E-state index < -0.39 is 13.0 Å². The lowest BCUT2D eigenvalue weighted by Gasteiger charge is -2.22. The molecule has 0 saturated carbocycles. The Hall–Kier alpha value is -1.36. The van der Waals surface area contributed by atoms with Gasteiger partial charge in [0.2, 0.25) is 5.91 Å². The molecule has 0 saturated heterocycles. The molecule has 0 aromatic heterocycles. The fourth-order valence-electron chi connectivity index (χ4n) is 1.60. The van der Waals surface area contributed by atoms with Crippen LogP contribution in [-0.4, -0.2) is 24.5 Å². The van der Waals surface area contributed by atoms with Gasteiger partial charge in [0.25, 0.3) is 0 Å². The third kappa shape index (κ3) is 4.30. The van der Waals surface area contributed by atoms with Gasteiger partial charge in [-0.3, -0.25) is 9.36 Å². The lowest BCUT2D eigenvalue weighted by atomic mass is 9.95. The van der Waals surface area contributed by atoms with Crippen LogP contribution in [0.15, 0.2) is 18.2 Å². The van der Waals surface area contributed by atoms with Crippen molar-refractivity contribution in [2.45, 2.75) is 27.7 Å². The largest absolute Gasteiger partial charge is 0.495 e. The maximum atomic E-state index is 12.3. The number of hydrogen-bond donors (Lipinski definition) is 2. The maximum absolute atomic E-state index is 12.3. The number of rotatable bonds is 5. The molecule has 0 heterocycles. The average Bonchev–Trinajstić information content (AvgIpc) is 2.37. The molecule has 0 radical (unpaired) electrons. The lowest BCUT2D eigenvalue weighted by Crippen LogP contribution is -2.30. The van der Waals surface area contributed by atoms with Crippen molar-refractivity contribution >= 4 is 24.5 Å². The van der Waals surface area contributed by atoms with E-state index in [1.165, 1.54) is 13.2 Å². The van der Waals surface area contributed by atoms with Crippen molar-refractivity contribution in [3.8, 4) is 5.75 Å². The van der Waals surface area contributed by atoms with Gasteiger partial charge in [0.15, 0.2) is 0 Å². The molecule has 118 valence electrons. The summed E-state index contributed by atoms with van der Waals surface area (Å²) in [7, 11) is -2.60. The lowest BCUT2D eigenvalue weighted by molar-refractivity contribution is -0.123. The second-order valence-corrected chi connectivity index (χ2v) is 7.28. The minimum atomic E-state index is -4.03. The number of benzene rings is 1. The van der Waals surface area contributed by atoms with E-state index in [2.05, 4.69) is 5.32 Å². The van der Waals surface area contributed by atoms with Crippen molar-refractivity contribution in [2.75, 3.05) is 19.0 Å². The van der Waals surface area contributed by atoms with Gasteiger partial charge in [-0.15, -0.1) is 0 Å². The Morgan fingerprint density at radius 1 is 1.38 bits per heavy atom. The van der Waals surface area contributed by atoms with Crippen LogP contribution in [0.4, 0.5) is 5.69 Å². The highest BCUT2D eigenvalue weighted by atomic mass is 31.2. The zero-order valence-electron chi connectivity index (χ0n) is 13.0. The minimum absolute atomic E-state index is 0.0151. The first-order valence-electron chi connectivity index (χ1n) is 6.60. The summed E-state index contributed by atoms with van der Waals surface area (Å²) in [5.41, 5.74) is -0.484. The van der Waals surface area contributed by atoms with E-state index in [1.807, 2.05) is 0 Å². The van der Waals surface area contributed by atoms with E-state index in [9.17, 15) is 14.3 Å². The number of anilines is 1. The Kier molecular flexibility index (Phi) is 5.56. The quantitative estimate of drug-likeness (QED) is 0.816. The highest BCUT2D eigenvalue weighted by molar-refractivity contribution is 7.61. The molecule has 2 N–H and O–H groups in total. The van der Waals surface area contributed by atoms with Crippen LogP contribution in [-0.2, 0) is 13.9 Å². The molecule has 0 spiro atoms. The van der Waals surface area contributed by atoms with Crippen LogP contribution < -0.4 is 15.4 Å². The van der Waals surface area contributed by atoms with Gasteiger partial charge in [0.1, 0.15) is 5.75 Å². The summed E-state index contributed by atoms with van der Waals surface area (Å²) in [6.07, 6.45) is 0. The topological polar surface area (TPSA) is 84.9 Å². The Morgan fingerprint density at radius 3 is 2.48 bits per heavy atom. The molecule has 0 aliphatic heterocycles. The first-order chi connectivity index (χ1) is 9.63. The summed E-state index contributed by atoms with van der Waals surface area (Å²) in [6.45, 7) is 6.95. The summed E-state index contributed by atoms with van der Waals surface area (Å²) >= 11 is 0. The molecule has 1 atom stereocenters. The van der Waals surface area contributed by atoms with Crippen molar-refractivity contribution < 1.29 is 23.5 Å². The molecule has 6 nitrogen and oxygen atoms in total. The standard InChI is InChI=1S/C14H22NO5P/c1-6-20-21(17,18)11-9-7-8-10(19-5)12(11)15-13(16)14(2,3)4/h7-9H,6H2,1-5H3,(H,15,16)(H,17,18). The molecule has 1 unspecified atom stereocenters. The van der Waals surface area contributed by atoms with Gasteiger partial charge in [0.05, 0.1) is 24.7 Å². The molecular weight excluding hydrogens is 293 g/mol. The number of para-hydroxylation sites is 1. The third-order valence-corrected chi connectivity index (χ3v) is 4.34. The Labute approximate surface area is 125 Å². The predicted octanol–water partition coefficient (Wildman–Crippen LogP) is 2.53. The van der Waals surface area contributed by atoms with E-state index in [4.69, 9.17) is 9.26 Å². The summed E-state index contributed by atoms with van der Waals surface area (Å²) < 4.78 is 22.4. The van der Waals surface area contributed by atoms with E-state index >= 15 is 0 Å². The van der Waals surface area contributed by atoms with Crippen LogP contribution in [0.1, 0.15) is 27.7 Å². The molecule has 1 aromatic rings. The van der Waals surface area contributed by atoms with Crippen LogP contribution in [0.25, 0.3) is 0 Å². The van der Waals surface area contributed by atoms with Crippen molar-refractivity contribution in [2.24, 2.45) is 5.41 Å². The van der Waals surface area contributed by atoms with Crippen LogP contribution in [0.5, 0.6) is 5.75 Å². The van der Waals surface area contributed by atoms with Crippen molar-refractivity contribution in [1.29, 1.82) is 0 Å². The monoisotopic (exact) mass is 315 g/mol. The summed E-state index contributed by atoms with van der Waals surface area (Å²) in [6, 6.07) is 4.62. The second kappa shape index (κ2) is 6.60. The average molecular weight is 315 g/mol. The molecule has 0 aliphatic rings. The molecule has 0 fully saturated rings. The van der Waals surface area contributed by atoms with Crippen LogP contribution in [0.3, 0.4) is 0 Å². The highest BCUT2D eigenvalue weighted by Crippen LogP contribution is 2.45. The third-order valence-electron chi connectivity index (χ3n) is 2.75. The number of carbonyl (C=O) groups excluding carboxylic acids is 1. The highest BCUT2D eigenvalue weighted by Gasteiger charge is 2.30. The summed E-state index contributed by atoms with van der Waals surface area (Å²) in [5, 5.41) is 2.67. The normalized spacial score (nSPS) is 14.4. The number of nitrogens with one attached hydrogen (secondary N) is 1. The molecule has 1 rings (SSSR count). The predicted molar refractivity (Wildman–Crippen MR) is 82.2 cm³/mol. The number of hydrogen-bond acceptors (Lipinski definition) is 4. The number of ether oxygens (including phenoxy) is 1.